The maximum atomic E-state index is 11.6. The SMILES string of the molecule is CCOC(=O)C(/C=N\O)CCc1ccccc1C. The minimum absolute atomic E-state index is 0.332. The second-order valence-electron chi connectivity index (χ2n) is 4.09. The number of oxime groups is 1. The first kappa shape index (κ1) is 14.2. The van der Waals surface area contributed by atoms with Gasteiger partial charge in [-0.3, -0.25) is 4.79 Å². The maximum absolute atomic E-state index is 11.6. The zero-order valence-corrected chi connectivity index (χ0v) is 10.8. The normalized spacial score (nSPS) is 12.6. The minimum atomic E-state index is -0.491. The molecule has 0 fully saturated rings. The summed E-state index contributed by atoms with van der Waals surface area (Å²) in [5.74, 6) is -0.835. The van der Waals surface area contributed by atoms with Gasteiger partial charge in [-0.15, -0.1) is 5.16 Å². The monoisotopic (exact) mass is 249 g/mol. The third kappa shape index (κ3) is 4.20. The van der Waals surface area contributed by atoms with Crippen LogP contribution in [0.1, 0.15) is 24.5 Å². The van der Waals surface area contributed by atoms with Gasteiger partial charge < -0.3 is 9.94 Å². The van der Waals surface area contributed by atoms with Crippen LogP contribution in [0.5, 0.6) is 0 Å². The second-order valence-corrected chi connectivity index (χ2v) is 4.09. The largest absolute Gasteiger partial charge is 0.465 e. The van der Waals surface area contributed by atoms with Crippen LogP contribution in [0.4, 0.5) is 0 Å². The summed E-state index contributed by atoms with van der Waals surface area (Å²) in [5.41, 5.74) is 2.39. The Morgan fingerprint density at radius 1 is 1.50 bits per heavy atom. The fraction of sp³-hybridized carbons (Fsp3) is 0.429. The predicted octanol–water partition coefficient (Wildman–Crippen LogP) is 2.57. The lowest BCUT2D eigenvalue weighted by Crippen LogP contribution is -2.20. The van der Waals surface area contributed by atoms with Crippen molar-refractivity contribution in [3.8, 4) is 0 Å². The lowest BCUT2D eigenvalue weighted by atomic mass is 9.98. The molecule has 1 unspecified atom stereocenters. The van der Waals surface area contributed by atoms with E-state index in [1.54, 1.807) is 6.92 Å². The van der Waals surface area contributed by atoms with Crippen LogP contribution in [0, 0.1) is 12.8 Å². The number of hydrogen-bond acceptors (Lipinski definition) is 4. The van der Waals surface area contributed by atoms with E-state index in [1.165, 1.54) is 17.3 Å². The van der Waals surface area contributed by atoms with Crippen molar-refractivity contribution in [1.82, 2.24) is 0 Å². The highest BCUT2D eigenvalue weighted by Crippen LogP contribution is 2.14. The molecule has 0 aliphatic carbocycles. The number of carbonyl (C=O) groups is 1. The topological polar surface area (TPSA) is 58.9 Å². The highest BCUT2D eigenvalue weighted by molar-refractivity contribution is 5.89. The number of aryl methyl sites for hydroxylation is 2. The number of nitrogens with zero attached hydrogens (tertiary/aromatic N) is 1. The molecule has 1 rings (SSSR count). The van der Waals surface area contributed by atoms with Gasteiger partial charge in [-0.25, -0.2) is 0 Å². The number of rotatable bonds is 6. The molecule has 1 aromatic rings. The third-order valence-electron chi connectivity index (χ3n) is 2.82. The second kappa shape index (κ2) is 7.48. The molecule has 1 atom stereocenters. The van der Waals surface area contributed by atoms with E-state index >= 15 is 0 Å². The summed E-state index contributed by atoms with van der Waals surface area (Å²) < 4.78 is 4.93. The van der Waals surface area contributed by atoms with Crippen LogP contribution in [-0.4, -0.2) is 24.0 Å². The molecule has 0 bridgehead atoms. The molecular formula is C14H19NO3. The van der Waals surface area contributed by atoms with Gasteiger partial charge in [0.15, 0.2) is 0 Å². The average molecular weight is 249 g/mol. The van der Waals surface area contributed by atoms with Crippen LogP contribution >= 0.6 is 0 Å². The minimum Gasteiger partial charge on any atom is -0.465 e. The molecule has 98 valence electrons. The van der Waals surface area contributed by atoms with Gasteiger partial charge in [0.05, 0.1) is 18.7 Å². The van der Waals surface area contributed by atoms with Gasteiger partial charge in [0.25, 0.3) is 0 Å². The lowest BCUT2D eigenvalue weighted by Gasteiger charge is -2.11. The number of hydrogen-bond donors (Lipinski definition) is 1. The molecule has 0 saturated heterocycles. The van der Waals surface area contributed by atoms with Gasteiger partial charge in [0.1, 0.15) is 0 Å². The third-order valence-corrected chi connectivity index (χ3v) is 2.82. The Morgan fingerprint density at radius 3 is 2.83 bits per heavy atom. The Bertz CT molecular complexity index is 415. The van der Waals surface area contributed by atoms with E-state index in [1.807, 2.05) is 31.2 Å². The maximum Gasteiger partial charge on any atom is 0.314 e. The molecule has 0 saturated carbocycles. The fourth-order valence-corrected chi connectivity index (χ4v) is 1.78. The van der Waals surface area contributed by atoms with E-state index in [-0.39, 0.29) is 5.97 Å². The summed E-state index contributed by atoms with van der Waals surface area (Å²) in [5, 5.41) is 11.5. The quantitative estimate of drug-likeness (QED) is 0.365. The van der Waals surface area contributed by atoms with Crippen LogP contribution in [0.15, 0.2) is 29.4 Å². The van der Waals surface area contributed by atoms with E-state index in [4.69, 9.17) is 9.94 Å². The van der Waals surface area contributed by atoms with E-state index in [2.05, 4.69) is 5.16 Å². The van der Waals surface area contributed by atoms with Crippen molar-refractivity contribution < 1.29 is 14.7 Å². The van der Waals surface area contributed by atoms with E-state index in [0.717, 1.165) is 6.42 Å². The molecule has 0 heterocycles. The van der Waals surface area contributed by atoms with Gasteiger partial charge in [-0.2, -0.15) is 0 Å². The highest BCUT2D eigenvalue weighted by Gasteiger charge is 2.18. The summed E-state index contributed by atoms with van der Waals surface area (Å²) in [7, 11) is 0. The Morgan fingerprint density at radius 2 is 2.22 bits per heavy atom. The van der Waals surface area contributed by atoms with Crippen LogP contribution in [0.25, 0.3) is 0 Å². The van der Waals surface area contributed by atoms with Crippen molar-refractivity contribution in [1.29, 1.82) is 0 Å². The summed E-state index contributed by atoms with van der Waals surface area (Å²) in [4.78, 5) is 11.6. The van der Waals surface area contributed by atoms with Gasteiger partial charge in [0.2, 0.25) is 0 Å². The molecule has 4 nitrogen and oxygen atoms in total. The van der Waals surface area contributed by atoms with Gasteiger partial charge in [0, 0.05) is 0 Å². The first-order valence-electron chi connectivity index (χ1n) is 6.07. The molecule has 18 heavy (non-hydrogen) atoms. The average Bonchev–Trinajstić information content (AvgIpc) is 2.36. The first-order chi connectivity index (χ1) is 8.69. The Balaban J connectivity index is 2.63. The molecule has 4 heteroatoms. The summed E-state index contributed by atoms with van der Waals surface area (Å²) in [6, 6.07) is 8.03. The zero-order chi connectivity index (χ0) is 13.4. The zero-order valence-electron chi connectivity index (χ0n) is 10.8. The number of carbonyl (C=O) groups excluding carboxylic acids is 1. The van der Waals surface area contributed by atoms with Gasteiger partial charge in [-0.05, 0) is 37.8 Å². The number of esters is 1. The van der Waals surface area contributed by atoms with Gasteiger partial charge in [-0.1, -0.05) is 24.3 Å². The molecule has 0 aromatic heterocycles. The molecule has 1 aromatic carbocycles. The van der Waals surface area contributed by atoms with Crippen LogP contribution in [-0.2, 0) is 16.0 Å². The number of ether oxygens (including phenoxy) is 1. The predicted molar refractivity (Wildman–Crippen MR) is 69.9 cm³/mol. The van der Waals surface area contributed by atoms with Crippen molar-refractivity contribution in [2.24, 2.45) is 11.1 Å². The standard InChI is InChI=1S/C14H19NO3/c1-3-18-14(16)13(10-15-17)9-8-12-7-5-4-6-11(12)2/h4-7,10,13,17H,3,8-9H2,1-2H3/b15-10-. The summed E-state index contributed by atoms with van der Waals surface area (Å²) >= 11 is 0. The Kier molecular flexibility index (Phi) is 5.91. The molecule has 0 radical (unpaired) electrons. The van der Waals surface area contributed by atoms with Crippen molar-refractivity contribution in [3.63, 3.8) is 0 Å². The first-order valence-corrected chi connectivity index (χ1v) is 6.07. The number of benzene rings is 1. The van der Waals surface area contributed by atoms with Gasteiger partial charge >= 0.3 is 5.97 Å². The van der Waals surface area contributed by atoms with Crippen molar-refractivity contribution in [3.05, 3.63) is 35.4 Å². The molecule has 0 spiro atoms. The Hall–Kier alpha value is -1.84. The van der Waals surface area contributed by atoms with E-state index in [9.17, 15) is 4.79 Å². The lowest BCUT2D eigenvalue weighted by molar-refractivity contribution is -0.145. The Labute approximate surface area is 107 Å². The van der Waals surface area contributed by atoms with Crippen molar-refractivity contribution in [2.75, 3.05) is 6.61 Å². The molecule has 0 amide bonds. The van der Waals surface area contributed by atoms with Crippen LogP contribution in [0.3, 0.4) is 0 Å². The summed E-state index contributed by atoms with van der Waals surface area (Å²) in [6.45, 7) is 4.13. The molecule has 0 aliphatic heterocycles. The highest BCUT2D eigenvalue weighted by atomic mass is 16.5. The smallest absolute Gasteiger partial charge is 0.314 e. The van der Waals surface area contributed by atoms with Crippen molar-refractivity contribution in [2.45, 2.75) is 26.7 Å². The van der Waals surface area contributed by atoms with Crippen molar-refractivity contribution >= 4 is 12.2 Å². The van der Waals surface area contributed by atoms with E-state index in [0.29, 0.717) is 13.0 Å². The molecule has 1 N–H and O–H groups in total. The molecule has 0 aliphatic rings. The van der Waals surface area contributed by atoms with E-state index < -0.39 is 5.92 Å². The fourth-order valence-electron chi connectivity index (χ4n) is 1.78. The molecular weight excluding hydrogens is 230 g/mol. The van der Waals surface area contributed by atoms with Crippen LogP contribution in [0.2, 0.25) is 0 Å². The van der Waals surface area contributed by atoms with Crippen LogP contribution < -0.4 is 0 Å². The summed E-state index contributed by atoms with van der Waals surface area (Å²) in [6.07, 6.45) is 2.56.